The maximum atomic E-state index is 13.5. The number of nitrogens with zero attached hydrogens (tertiary/aromatic N) is 2. The minimum absolute atomic E-state index is 0.332. The van der Waals surface area contributed by atoms with Gasteiger partial charge in [0.15, 0.2) is 0 Å². The van der Waals surface area contributed by atoms with E-state index in [-0.39, 0.29) is 5.56 Å². The van der Waals surface area contributed by atoms with E-state index in [1.165, 1.54) is 0 Å². The van der Waals surface area contributed by atoms with Crippen LogP contribution in [0, 0.1) is 27.2 Å². The van der Waals surface area contributed by atoms with Crippen LogP contribution in [0.2, 0.25) is 0 Å². The molecule has 0 atom stereocenters. The van der Waals surface area contributed by atoms with Gasteiger partial charge in [0, 0.05) is 17.2 Å². The molecule has 0 heterocycles. The van der Waals surface area contributed by atoms with E-state index in [2.05, 4.69) is 0 Å². The highest BCUT2D eigenvalue weighted by atomic mass is 19.3. The van der Waals surface area contributed by atoms with Crippen molar-refractivity contribution >= 4 is 11.4 Å². The van der Waals surface area contributed by atoms with E-state index in [0.29, 0.717) is 12.1 Å². The topological polar surface area (TPSA) is 112 Å². The molecule has 0 aliphatic carbocycles. The van der Waals surface area contributed by atoms with Crippen LogP contribution >= 0.6 is 0 Å². The number of nitrogens with two attached hydrogens (primary N) is 1. The SMILES string of the molecule is Cc1c([N+](=O)[O-])cc([N+](=O)[O-])cc1C(F)(F)CN. The number of rotatable bonds is 4. The van der Waals surface area contributed by atoms with Gasteiger partial charge in [0.1, 0.15) is 0 Å². The molecular formula is C9H9F2N3O4. The Morgan fingerprint density at radius 2 is 1.83 bits per heavy atom. The van der Waals surface area contributed by atoms with E-state index in [1.807, 2.05) is 0 Å². The Hall–Kier alpha value is -2.16. The van der Waals surface area contributed by atoms with E-state index in [4.69, 9.17) is 5.73 Å². The van der Waals surface area contributed by atoms with Crippen LogP contribution in [-0.4, -0.2) is 16.4 Å². The highest BCUT2D eigenvalue weighted by Crippen LogP contribution is 2.36. The first-order valence-electron chi connectivity index (χ1n) is 4.72. The Morgan fingerprint density at radius 1 is 1.28 bits per heavy atom. The van der Waals surface area contributed by atoms with E-state index in [9.17, 15) is 29.0 Å². The first kappa shape index (κ1) is 13.9. The van der Waals surface area contributed by atoms with Crippen molar-refractivity contribution in [1.82, 2.24) is 0 Å². The van der Waals surface area contributed by atoms with Crippen LogP contribution in [0.5, 0.6) is 0 Å². The van der Waals surface area contributed by atoms with Crippen LogP contribution in [0.4, 0.5) is 20.2 Å². The smallest absolute Gasteiger partial charge is 0.285 e. The zero-order chi connectivity index (χ0) is 14.1. The van der Waals surface area contributed by atoms with Crippen molar-refractivity contribution < 1.29 is 18.6 Å². The number of alkyl halides is 2. The second-order valence-electron chi connectivity index (χ2n) is 3.56. The molecule has 9 heteroatoms. The molecule has 0 saturated heterocycles. The van der Waals surface area contributed by atoms with Gasteiger partial charge in [-0.05, 0) is 6.92 Å². The normalized spacial score (nSPS) is 11.3. The van der Waals surface area contributed by atoms with Crippen molar-refractivity contribution in [2.24, 2.45) is 5.73 Å². The molecule has 2 N–H and O–H groups in total. The van der Waals surface area contributed by atoms with Crippen LogP contribution in [0.1, 0.15) is 11.1 Å². The minimum Gasteiger partial charge on any atom is -0.325 e. The van der Waals surface area contributed by atoms with Gasteiger partial charge in [-0.25, -0.2) is 0 Å². The van der Waals surface area contributed by atoms with Crippen molar-refractivity contribution in [3.63, 3.8) is 0 Å². The fraction of sp³-hybridized carbons (Fsp3) is 0.333. The molecular weight excluding hydrogens is 252 g/mol. The average molecular weight is 261 g/mol. The monoisotopic (exact) mass is 261 g/mol. The maximum absolute atomic E-state index is 13.5. The molecule has 0 fully saturated rings. The molecule has 98 valence electrons. The van der Waals surface area contributed by atoms with E-state index in [0.717, 1.165) is 6.92 Å². The van der Waals surface area contributed by atoms with Crippen molar-refractivity contribution in [2.45, 2.75) is 12.8 Å². The molecule has 18 heavy (non-hydrogen) atoms. The van der Waals surface area contributed by atoms with E-state index in [1.54, 1.807) is 0 Å². The number of hydrogen-bond acceptors (Lipinski definition) is 5. The molecule has 0 aliphatic rings. The van der Waals surface area contributed by atoms with Gasteiger partial charge in [-0.15, -0.1) is 0 Å². The summed E-state index contributed by atoms with van der Waals surface area (Å²) in [6.07, 6.45) is 0. The van der Waals surface area contributed by atoms with Gasteiger partial charge in [0.25, 0.3) is 17.3 Å². The molecule has 1 aromatic rings. The lowest BCUT2D eigenvalue weighted by molar-refractivity contribution is -0.394. The van der Waals surface area contributed by atoms with Gasteiger partial charge >= 0.3 is 0 Å². The highest BCUT2D eigenvalue weighted by molar-refractivity contribution is 5.54. The third kappa shape index (κ3) is 2.40. The molecule has 0 aliphatic heterocycles. The molecule has 1 aromatic carbocycles. The van der Waals surface area contributed by atoms with Crippen LogP contribution in [0.15, 0.2) is 12.1 Å². The zero-order valence-electron chi connectivity index (χ0n) is 9.22. The van der Waals surface area contributed by atoms with Gasteiger partial charge < -0.3 is 5.73 Å². The number of halogens is 2. The van der Waals surface area contributed by atoms with Crippen LogP contribution in [-0.2, 0) is 5.92 Å². The summed E-state index contributed by atoms with van der Waals surface area (Å²) in [5, 5.41) is 21.2. The summed E-state index contributed by atoms with van der Waals surface area (Å²) in [5.74, 6) is -3.55. The predicted octanol–water partition coefficient (Wildman–Crippen LogP) is 1.86. The van der Waals surface area contributed by atoms with Crippen LogP contribution in [0.3, 0.4) is 0 Å². The quantitative estimate of drug-likeness (QED) is 0.656. The molecule has 0 radical (unpaired) electrons. The van der Waals surface area contributed by atoms with Gasteiger partial charge in [-0.2, -0.15) is 8.78 Å². The van der Waals surface area contributed by atoms with Crippen molar-refractivity contribution in [3.8, 4) is 0 Å². The lowest BCUT2D eigenvalue weighted by atomic mass is 10.00. The zero-order valence-corrected chi connectivity index (χ0v) is 9.22. The Kier molecular flexibility index (Phi) is 3.56. The molecule has 0 unspecified atom stereocenters. The lowest BCUT2D eigenvalue weighted by Crippen LogP contribution is -2.26. The van der Waals surface area contributed by atoms with Gasteiger partial charge in [0.2, 0.25) is 0 Å². The third-order valence-corrected chi connectivity index (χ3v) is 2.42. The van der Waals surface area contributed by atoms with Crippen molar-refractivity contribution in [3.05, 3.63) is 43.5 Å². The summed E-state index contributed by atoms with van der Waals surface area (Å²) < 4.78 is 26.9. The molecule has 0 bridgehead atoms. The molecule has 7 nitrogen and oxygen atoms in total. The van der Waals surface area contributed by atoms with E-state index >= 15 is 0 Å². The fourth-order valence-electron chi connectivity index (χ4n) is 1.47. The molecule has 1 rings (SSSR count). The molecule has 0 amide bonds. The standard InChI is InChI=1S/C9H9F2N3O4/c1-5-7(9(10,11)4-12)2-6(13(15)16)3-8(5)14(17)18/h2-3H,4,12H2,1H3. The predicted molar refractivity (Wildman–Crippen MR) is 57.4 cm³/mol. The first-order chi connectivity index (χ1) is 8.20. The second kappa shape index (κ2) is 4.61. The number of nitro groups is 2. The molecule has 0 saturated carbocycles. The summed E-state index contributed by atoms with van der Waals surface area (Å²) in [5.41, 5.74) is 2.24. The summed E-state index contributed by atoms with van der Waals surface area (Å²) >= 11 is 0. The summed E-state index contributed by atoms with van der Waals surface area (Å²) in [6.45, 7) is 0.00687. The lowest BCUT2D eigenvalue weighted by Gasteiger charge is -2.16. The van der Waals surface area contributed by atoms with Crippen molar-refractivity contribution in [1.29, 1.82) is 0 Å². The third-order valence-electron chi connectivity index (χ3n) is 2.42. The Labute approximate surface area is 99.5 Å². The highest BCUT2D eigenvalue weighted by Gasteiger charge is 2.36. The fourth-order valence-corrected chi connectivity index (χ4v) is 1.47. The number of benzene rings is 1. The number of nitro benzene ring substituents is 2. The summed E-state index contributed by atoms with van der Waals surface area (Å²) in [6, 6.07) is 1.25. The Balaban J connectivity index is 3.60. The van der Waals surface area contributed by atoms with Crippen LogP contribution in [0.25, 0.3) is 0 Å². The number of non-ortho nitro benzene ring substituents is 1. The summed E-state index contributed by atoms with van der Waals surface area (Å²) in [4.78, 5) is 19.3. The van der Waals surface area contributed by atoms with Gasteiger partial charge in [-0.1, -0.05) is 0 Å². The molecule has 0 aromatic heterocycles. The van der Waals surface area contributed by atoms with E-state index < -0.39 is 39.3 Å². The largest absolute Gasteiger partial charge is 0.325 e. The maximum Gasteiger partial charge on any atom is 0.285 e. The van der Waals surface area contributed by atoms with Gasteiger partial charge in [0.05, 0.1) is 22.5 Å². The second-order valence-corrected chi connectivity index (χ2v) is 3.56. The minimum atomic E-state index is -3.55. The Bertz CT molecular complexity index is 519. The number of hydrogen-bond donors (Lipinski definition) is 1. The Morgan fingerprint density at radius 3 is 2.22 bits per heavy atom. The van der Waals surface area contributed by atoms with Gasteiger partial charge in [-0.3, -0.25) is 20.2 Å². The van der Waals surface area contributed by atoms with Crippen LogP contribution < -0.4 is 5.73 Å². The average Bonchev–Trinajstić information content (AvgIpc) is 2.28. The first-order valence-corrected chi connectivity index (χ1v) is 4.72. The summed E-state index contributed by atoms with van der Waals surface area (Å²) in [7, 11) is 0. The van der Waals surface area contributed by atoms with Crippen molar-refractivity contribution in [2.75, 3.05) is 6.54 Å². The molecule has 0 spiro atoms.